The molecule has 3 rings (SSSR count). The first-order valence-corrected chi connectivity index (χ1v) is 10.2. The van der Waals surface area contributed by atoms with Gasteiger partial charge in [0.25, 0.3) is 5.91 Å². The first-order valence-electron chi connectivity index (χ1n) is 8.63. The molecule has 3 aromatic rings. The van der Waals surface area contributed by atoms with Crippen molar-refractivity contribution in [3.05, 3.63) is 89.9 Å². The predicted octanol–water partition coefficient (Wildman–Crippen LogP) is 3.98. The molecule has 0 aliphatic rings. The number of rotatable bonds is 6. The van der Waals surface area contributed by atoms with Crippen molar-refractivity contribution in [1.82, 2.24) is 5.32 Å². The molecule has 0 aliphatic carbocycles. The number of furan rings is 1. The number of carbonyl (C=O) groups excluding carboxylic acids is 1. The summed E-state index contributed by atoms with van der Waals surface area (Å²) in [6.07, 6.45) is 1.56. The Morgan fingerprint density at radius 2 is 1.59 bits per heavy atom. The number of hydrogen-bond acceptors (Lipinski definition) is 4. The van der Waals surface area contributed by atoms with Crippen molar-refractivity contribution in [3.8, 4) is 0 Å². The molecule has 0 bridgehead atoms. The van der Waals surface area contributed by atoms with Crippen molar-refractivity contribution in [2.24, 2.45) is 0 Å². The molecular formula is C21H21NO4S. The van der Waals surface area contributed by atoms with Crippen LogP contribution in [-0.2, 0) is 9.84 Å². The van der Waals surface area contributed by atoms with Crippen LogP contribution >= 0.6 is 0 Å². The van der Waals surface area contributed by atoms with E-state index in [1.54, 1.807) is 32.2 Å². The molecule has 1 N–H and O–H groups in total. The molecule has 1 unspecified atom stereocenters. The lowest BCUT2D eigenvalue weighted by atomic mass is 10.0. The highest BCUT2D eigenvalue weighted by Gasteiger charge is 2.22. The molecule has 1 atom stereocenters. The van der Waals surface area contributed by atoms with Crippen LogP contribution in [0.4, 0.5) is 0 Å². The SMILES string of the molecule is CC(C)S(=O)(=O)c1ccc(C(=O)NC(c2ccccc2)c2ccco2)cc1. The molecule has 1 aromatic heterocycles. The molecule has 2 aromatic carbocycles. The van der Waals surface area contributed by atoms with Crippen LogP contribution in [0.25, 0.3) is 0 Å². The third-order valence-electron chi connectivity index (χ3n) is 4.30. The van der Waals surface area contributed by atoms with Gasteiger partial charge in [0.05, 0.1) is 16.4 Å². The van der Waals surface area contributed by atoms with Gasteiger partial charge in [-0.1, -0.05) is 30.3 Å². The van der Waals surface area contributed by atoms with E-state index in [0.29, 0.717) is 11.3 Å². The van der Waals surface area contributed by atoms with Gasteiger partial charge < -0.3 is 9.73 Å². The third kappa shape index (κ3) is 4.11. The summed E-state index contributed by atoms with van der Waals surface area (Å²) < 4.78 is 29.9. The minimum Gasteiger partial charge on any atom is -0.467 e. The zero-order valence-corrected chi connectivity index (χ0v) is 15.9. The summed E-state index contributed by atoms with van der Waals surface area (Å²) in [6.45, 7) is 3.26. The van der Waals surface area contributed by atoms with Crippen molar-refractivity contribution < 1.29 is 17.6 Å². The van der Waals surface area contributed by atoms with Gasteiger partial charge in [0.1, 0.15) is 11.8 Å². The normalized spacial score (nSPS) is 12.7. The van der Waals surface area contributed by atoms with Crippen molar-refractivity contribution in [2.45, 2.75) is 30.0 Å². The molecule has 0 aliphatic heterocycles. The molecule has 1 heterocycles. The topological polar surface area (TPSA) is 76.4 Å². The molecule has 1 amide bonds. The predicted molar refractivity (Wildman–Crippen MR) is 103 cm³/mol. The van der Waals surface area contributed by atoms with E-state index >= 15 is 0 Å². The smallest absolute Gasteiger partial charge is 0.252 e. The molecule has 6 heteroatoms. The number of carbonyl (C=O) groups is 1. The fourth-order valence-electron chi connectivity index (χ4n) is 2.70. The van der Waals surface area contributed by atoms with E-state index in [4.69, 9.17) is 4.42 Å². The van der Waals surface area contributed by atoms with Gasteiger partial charge in [-0.05, 0) is 55.8 Å². The second-order valence-electron chi connectivity index (χ2n) is 6.45. The molecule has 0 radical (unpaired) electrons. The highest BCUT2D eigenvalue weighted by Crippen LogP contribution is 2.23. The van der Waals surface area contributed by atoms with Gasteiger partial charge in [-0.2, -0.15) is 0 Å². The second-order valence-corrected chi connectivity index (χ2v) is 8.95. The lowest BCUT2D eigenvalue weighted by Gasteiger charge is -2.17. The molecule has 0 fully saturated rings. The third-order valence-corrected chi connectivity index (χ3v) is 6.47. The van der Waals surface area contributed by atoms with Gasteiger partial charge in [0.15, 0.2) is 9.84 Å². The zero-order valence-electron chi connectivity index (χ0n) is 15.1. The summed E-state index contributed by atoms with van der Waals surface area (Å²) in [5.41, 5.74) is 1.27. The molecular weight excluding hydrogens is 362 g/mol. The van der Waals surface area contributed by atoms with Crippen LogP contribution in [0.1, 0.15) is 41.6 Å². The van der Waals surface area contributed by atoms with Crippen LogP contribution in [0.5, 0.6) is 0 Å². The highest BCUT2D eigenvalue weighted by atomic mass is 32.2. The van der Waals surface area contributed by atoms with Crippen LogP contribution in [0.15, 0.2) is 82.3 Å². The summed E-state index contributed by atoms with van der Waals surface area (Å²) >= 11 is 0. The van der Waals surface area contributed by atoms with Gasteiger partial charge in [-0.15, -0.1) is 0 Å². The second kappa shape index (κ2) is 7.80. The fraction of sp³-hybridized carbons (Fsp3) is 0.190. The molecule has 27 heavy (non-hydrogen) atoms. The summed E-state index contributed by atoms with van der Waals surface area (Å²) in [6, 6.07) is 18.6. The molecule has 0 saturated heterocycles. The van der Waals surface area contributed by atoms with Crippen molar-refractivity contribution >= 4 is 15.7 Å². The Morgan fingerprint density at radius 1 is 0.926 bits per heavy atom. The summed E-state index contributed by atoms with van der Waals surface area (Å²) in [5.74, 6) is 0.308. The summed E-state index contributed by atoms with van der Waals surface area (Å²) in [4.78, 5) is 12.9. The van der Waals surface area contributed by atoms with Gasteiger partial charge in [-0.25, -0.2) is 8.42 Å². The maximum atomic E-state index is 12.7. The monoisotopic (exact) mass is 383 g/mol. The zero-order chi connectivity index (χ0) is 19.4. The summed E-state index contributed by atoms with van der Waals surface area (Å²) in [7, 11) is -3.37. The maximum absolute atomic E-state index is 12.7. The largest absolute Gasteiger partial charge is 0.467 e. The van der Waals surface area contributed by atoms with Crippen LogP contribution < -0.4 is 5.32 Å². The minimum absolute atomic E-state index is 0.208. The van der Waals surface area contributed by atoms with E-state index in [2.05, 4.69) is 5.32 Å². The van der Waals surface area contributed by atoms with Crippen molar-refractivity contribution in [3.63, 3.8) is 0 Å². The fourth-order valence-corrected chi connectivity index (χ4v) is 3.76. The maximum Gasteiger partial charge on any atom is 0.252 e. The quantitative estimate of drug-likeness (QED) is 0.698. The van der Waals surface area contributed by atoms with Crippen molar-refractivity contribution in [2.75, 3.05) is 0 Å². The number of amides is 1. The van der Waals surface area contributed by atoms with E-state index < -0.39 is 21.1 Å². The van der Waals surface area contributed by atoms with Gasteiger partial charge in [0.2, 0.25) is 0 Å². The Balaban J connectivity index is 1.85. The van der Waals surface area contributed by atoms with Gasteiger partial charge in [0, 0.05) is 5.56 Å². The number of sulfone groups is 1. The highest BCUT2D eigenvalue weighted by molar-refractivity contribution is 7.92. The lowest BCUT2D eigenvalue weighted by Crippen LogP contribution is -2.29. The van der Waals surface area contributed by atoms with Gasteiger partial charge >= 0.3 is 0 Å². The average Bonchev–Trinajstić information content (AvgIpc) is 3.21. The Labute approximate surface area is 159 Å². The van der Waals surface area contributed by atoms with E-state index in [9.17, 15) is 13.2 Å². The van der Waals surface area contributed by atoms with Crippen LogP contribution in [0.3, 0.4) is 0 Å². The summed E-state index contributed by atoms with van der Waals surface area (Å²) in [5, 5.41) is 2.44. The minimum atomic E-state index is -3.37. The molecule has 140 valence electrons. The Morgan fingerprint density at radius 3 is 2.15 bits per heavy atom. The van der Waals surface area contributed by atoms with E-state index in [-0.39, 0.29) is 10.8 Å². The molecule has 5 nitrogen and oxygen atoms in total. The first-order chi connectivity index (χ1) is 12.9. The van der Waals surface area contributed by atoms with E-state index in [1.807, 2.05) is 30.3 Å². The van der Waals surface area contributed by atoms with Crippen LogP contribution in [0.2, 0.25) is 0 Å². The number of nitrogens with one attached hydrogen (secondary N) is 1. The van der Waals surface area contributed by atoms with Gasteiger partial charge in [-0.3, -0.25) is 4.79 Å². The van der Waals surface area contributed by atoms with Crippen molar-refractivity contribution in [1.29, 1.82) is 0 Å². The molecule has 0 spiro atoms. The Kier molecular flexibility index (Phi) is 5.46. The Bertz CT molecular complexity index is 992. The van der Waals surface area contributed by atoms with E-state index in [1.165, 1.54) is 24.3 Å². The first kappa shape index (κ1) is 18.9. The lowest BCUT2D eigenvalue weighted by molar-refractivity contribution is 0.0939. The van der Waals surface area contributed by atoms with Crippen LogP contribution in [0, 0.1) is 0 Å². The number of hydrogen-bond donors (Lipinski definition) is 1. The molecule has 0 saturated carbocycles. The average molecular weight is 383 g/mol. The standard InChI is InChI=1S/C21H21NO4S/c1-15(2)27(24,25)18-12-10-17(11-13-18)21(23)22-20(19-9-6-14-26-19)16-7-4-3-5-8-16/h3-15,20H,1-2H3,(H,22,23). The van der Waals surface area contributed by atoms with E-state index in [0.717, 1.165) is 5.56 Å². The number of benzene rings is 2. The Hall–Kier alpha value is -2.86. The van der Waals surface area contributed by atoms with Crippen LogP contribution in [-0.4, -0.2) is 19.6 Å².